The monoisotopic (exact) mass is 339 g/mol. The van der Waals surface area contributed by atoms with Gasteiger partial charge in [-0.05, 0) is 35.1 Å². The van der Waals surface area contributed by atoms with Gasteiger partial charge in [0.25, 0.3) is 0 Å². The predicted octanol–water partition coefficient (Wildman–Crippen LogP) is 5.52. The molecule has 0 saturated carbocycles. The predicted molar refractivity (Wildman–Crippen MR) is 104 cm³/mol. The van der Waals surface area contributed by atoms with Gasteiger partial charge in [0.2, 0.25) is 5.91 Å². The highest BCUT2D eigenvalue weighted by Gasteiger charge is 2.22. The Morgan fingerprint density at radius 3 is 2.36 bits per heavy atom. The number of nitrogens with one attached hydrogen (secondary N) is 1. The highest BCUT2D eigenvalue weighted by Crippen LogP contribution is 2.32. The second kappa shape index (κ2) is 8.19. The Morgan fingerprint density at radius 2 is 1.80 bits per heavy atom. The molecule has 0 aliphatic rings. The molecule has 1 unspecified atom stereocenters. The van der Waals surface area contributed by atoms with Crippen LogP contribution in [-0.4, -0.2) is 13.0 Å². The van der Waals surface area contributed by atoms with E-state index >= 15 is 0 Å². The van der Waals surface area contributed by atoms with Crippen LogP contribution in [0, 0.1) is 0 Å². The number of carbonyl (C=O) groups excluding carboxylic acids is 1. The molecule has 0 saturated heterocycles. The standard InChI is InChI=1S/C22H29NO2/c1-6-10-18(16-11-8-7-9-12-16)21(24)23-19-15-17(22(2,3)4)13-14-20(19)25-5/h7-9,11-15,18H,6,10H2,1-5H3,(H,23,24). The van der Waals surface area contributed by atoms with E-state index in [1.165, 1.54) is 0 Å². The lowest BCUT2D eigenvalue weighted by Crippen LogP contribution is -2.22. The van der Waals surface area contributed by atoms with Crippen LogP contribution in [-0.2, 0) is 10.2 Å². The van der Waals surface area contributed by atoms with Crippen molar-refractivity contribution in [3.05, 3.63) is 59.7 Å². The van der Waals surface area contributed by atoms with Crippen LogP contribution in [0.25, 0.3) is 0 Å². The maximum Gasteiger partial charge on any atom is 0.232 e. The second-order valence-corrected chi connectivity index (χ2v) is 7.41. The molecule has 1 N–H and O–H groups in total. The van der Waals surface area contributed by atoms with Crippen LogP contribution < -0.4 is 10.1 Å². The first-order valence-electron chi connectivity index (χ1n) is 8.91. The van der Waals surface area contributed by atoms with Crippen molar-refractivity contribution in [3.63, 3.8) is 0 Å². The summed E-state index contributed by atoms with van der Waals surface area (Å²) in [4.78, 5) is 13.0. The molecule has 25 heavy (non-hydrogen) atoms. The van der Waals surface area contributed by atoms with E-state index in [-0.39, 0.29) is 17.2 Å². The minimum absolute atomic E-state index is 0.00794. The number of amides is 1. The van der Waals surface area contributed by atoms with E-state index in [1.807, 2.05) is 42.5 Å². The van der Waals surface area contributed by atoms with E-state index in [9.17, 15) is 4.79 Å². The summed E-state index contributed by atoms with van der Waals surface area (Å²) in [5.41, 5.74) is 2.95. The quantitative estimate of drug-likeness (QED) is 0.753. The summed E-state index contributed by atoms with van der Waals surface area (Å²) in [6.45, 7) is 8.57. The van der Waals surface area contributed by atoms with Gasteiger partial charge in [-0.1, -0.05) is 70.5 Å². The van der Waals surface area contributed by atoms with E-state index in [0.717, 1.165) is 29.7 Å². The molecule has 2 aromatic rings. The fraction of sp³-hybridized carbons (Fsp3) is 0.409. The Kier molecular flexibility index (Phi) is 6.24. The first kappa shape index (κ1) is 19.0. The van der Waals surface area contributed by atoms with Crippen LogP contribution in [0.3, 0.4) is 0 Å². The normalized spacial score (nSPS) is 12.5. The number of hydrogen-bond acceptors (Lipinski definition) is 2. The van der Waals surface area contributed by atoms with Crippen molar-refractivity contribution in [1.29, 1.82) is 0 Å². The fourth-order valence-electron chi connectivity index (χ4n) is 2.92. The summed E-state index contributed by atoms with van der Waals surface area (Å²) in [5.74, 6) is 0.538. The van der Waals surface area contributed by atoms with Crippen LogP contribution in [0.1, 0.15) is 57.6 Å². The molecule has 1 amide bonds. The van der Waals surface area contributed by atoms with E-state index in [2.05, 4.69) is 39.1 Å². The number of benzene rings is 2. The van der Waals surface area contributed by atoms with E-state index in [4.69, 9.17) is 4.74 Å². The van der Waals surface area contributed by atoms with Gasteiger partial charge >= 0.3 is 0 Å². The first-order valence-corrected chi connectivity index (χ1v) is 8.91. The van der Waals surface area contributed by atoms with E-state index < -0.39 is 0 Å². The molecule has 134 valence electrons. The minimum Gasteiger partial charge on any atom is -0.495 e. The van der Waals surface area contributed by atoms with Crippen molar-refractivity contribution in [2.45, 2.75) is 51.9 Å². The van der Waals surface area contributed by atoms with Crippen LogP contribution in [0.15, 0.2) is 48.5 Å². The molecular formula is C22H29NO2. The van der Waals surface area contributed by atoms with Crippen molar-refractivity contribution < 1.29 is 9.53 Å². The molecule has 3 heteroatoms. The highest BCUT2D eigenvalue weighted by molar-refractivity contribution is 5.97. The summed E-state index contributed by atoms with van der Waals surface area (Å²) < 4.78 is 5.44. The van der Waals surface area contributed by atoms with Gasteiger partial charge in [0.05, 0.1) is 18.7 Å². The Labute approximate surface area is 151 Å². The largest absolute Gasteiger partial charge is 0.495 e. The van der Waals surface area contributed by atoms with Crippen molar-refractivity contribution in [2.24, 2.45) is 0 Å². The first-order chi connectivity index (χ1) is 11.9. The van der Waals surface area contributed by atoms with Gasteiger partial charge in [0.15, 0.2) is 0 Å². The summed E-state index contributed by atoms with van der Waals surface area (Å²) in [5, 5.41) is 3.09. The number of ether oxygens (including phenoxy) is 1. The van der Waals surface area contributed by atoms with Crippen LogP contribution in [0.2, 0.25) is 0 Å². The molecule has 0 fully saturated rings. The average molecular weight is 339 g/mol. The number of carbonyl (C=O) groups is 1. The van der Waals surface area contributed by atoms with Gasteiger partial charge in [-0.2, -0.15) is 0 Å². The lowest BCUT2D eigenvalue weighted by Gasteiger charge is -2.22. The number of anilines is 1. The van der Waals surface area contributed by atoms with Gasteiger partial charge in [0, 0.05) is 0 Å². The molecular weight excluding hydrogens is 310 g/mol. The van der Waals surface area contributed by atoms with Gasteiger partial charge in [0.1, 0.15) is 5.75 Å². The van der Waals surface area contributed by atoms with Crippen molar-refractivity contribution in [2.75, 3.05) is 12.4 Å². The zero-order chi connectivity index (χ0) is 18.4. The zero-order valence-electron chi connectivity index (χ0n) is 15.9. The van der Waals surface area contributed by atoms with Crippen LogP contribution in [0.5, 0.6) is 5.75 Å². The number of methoxy groups -OCH3 is 1. The van der Waals surface area contributed by atoms with Gasteiger partial charge < -0.3 is 10.1 Å². The Hall–Kier alpha value is -2.29. The van der Waals surface area contributed by atoms with E-state index in [0.29, 0.717) is 5.75 Å². The van der Waals surface area contributed by atoms with Crippen LogP contribution in [0.4, 0.5) is 5.69 Å². The SMILES string of the molecule is CCCC(C(=O)Nc1cc(C(C)(C)C)ccc1OC)c1ccccc1. The summed E-state index contributed by atoms with van der Waals surface area (Å²) in [6.07, 6.45) is 1.77. The highest BCUT2D eigenvalue weighted by atomic mass is 16.5. The summed E-state index contributed by atoms with van der Waals surface area (Å²) in [6, 6.07) is 16.0. The maximum absolute atomic E-state index is 13.0. The smallest absolute Gasteiger partial charge is 0.232 e. The topological polar surface area (TPSA) is 38.3 Å². The molecule has 0 radical (unpaired) electrons. The molecule has 0 spiro atoms. The maximum atomic E-state index is 13.0. The third kappa shape index (κ3) is 4.85. The molecule has 3 nitrogen and oxygen atoms in total. The molecule has 0 aliphatic heterocycles. The summed E-state index contributed by atoms with van der Waals surface area (Å²) >= 11 is 0. The Bertz CT molecular complexity index is 702. The van der Waals surface area contributed by atoms with Crippen LogP contribution >= 0.6 is 0 Å². The minimum atomic E-state index is -0.158. The fourth-order valence-corrected chi connectivity index (χ4v) is 2.92. The molecule has 0 heterocycles. The van der Waals surface area contributed by atoms with Crippen molar-refractivity contribution in [1.82, 2.24) is 0 Å². The number of hydrogen-bond donors (Lipinski definition) is 1. The van der Waals surface area contributed by atoms with Crippen molar-refractivity contribution in [3.8, 4) is 5.75 Å². The Balaban J connectivity index is 2.31. The third-order valence-corrected chi connectivity index (χ3v) is 4.42. The molecule has 0 bridgehead atoms. The molecule has 1 atom stereocenters. The van der Waals surface area contributed by atoms with E-state index in [1.54, 1.807) is 7.11 Å². The second-order valence-electron chi connectivity index (χ2n) is 7.41. The molecule has 0 aromatic heterocycles. The lowest BCUT2D eigenvalue weighted by molar-refractivity contribution is -0.117. The Morgan fingerprint density at radius 1 is 1.12 bits per heavy atom. The van der Waals surface area contributed by atoms with Crippen molar-refractivity contribution >= 4 is 11.6 Å². The third-order valence-electron chi connectivity index (χ3n) is 4.42. The average Bonchev–Trinajstić information content (AvgIpc) is 2.59. The summed E-state index contributed by atoms with van der Waals surface area (Å²) in [7, 11) is 1.63. The zero-order valence-corrected chi connectivity index (χ0v) is 15.9. The van der Waals surface area contributed by atoms with Gasteiger partial charge in [-0.25, -0.2) is 0 Å². The number of rotatable bonds is 6. The van der Waals surface area contributed by atoms with Gasteiger partial charge in [-0.3, -0.25) is 4.79 Å². The van der Waals surface area contributed by atoms with Gasteiger partial charge in [-0.15, -0.1) is 0 Å². The molecule has 0 aliphatic carbocycles. The molecule has 2 rings (SSSR count). The molecule has 2 aromatic carbocycles. The lowest BCUT2D eigenvalue weighted by atomic mass is 9.86.